The van der Waals surface area contributed by atoms with E-state index in [1.54, 1.807) is 30.6 Å². The summed E-state index contributed by atoms with van der Waals surface area (Å²) in [5.41, 5.74) is 0.905. The third-order valence-corrected chi connectivity index (χ3v) is 6.18. The monoisotopic (exact) mass is 371 g/mol. The number of rotatable bonds is 4. The van der Waals surface area contributed by atoms with E-state index < -0.39 is 10.0 Å². The van der Waals surface area contributed by atoms with Gasteiger partial charge in [0.05, 0.1) is 18.6 Å². The van der Waals surface area contributed by atoms with Gasteiger partial charge in [0.15, 0.2) is 5.82 Å². The van der Waals surface area contributed by atoms with Crippen LogP contribution >= 0.6 is 0 Å². The highest BCUT2D eigenvalue weighted by molar-refractivity contribution is 7.89. The summed E-state index contributed by atoms with van der Waals surface area (Å²) in [4.78, 5) is 4.21. The molecule has 9 heteroatoms. The number of methoxy groups -OCH3 is 1. The quantitative estimate of drug-likeness (QED) is 0.691. The van der Waals surface area contributed by atoms with Crippen LogP contribution in [0.5, 0.6) is 5.75 Å². The molecular formula is C17H17N5O3S. The van der Waals surface area contributed by atoms with E-state index in [9.17, 15) is 8.42 Å². The zero-order valence-corrected chi connectivity index (χ0v) is 14.9. The first-order valence-corrected chi connectivity index (χ1v) is 9.50. The van der Waals surface area contributed by atoms with Gasteiger partial charge in [0.2, 0.25) is 10.0 Å². The lowest BCUT2D eigenvalue weighted by Crippen LogP contribution is -2.38. The van der Waals surface area contributed by atoms with Crippen LogP contribution in [0.25, 0.3) is 11.4 Å². The predicted octanol–water partition coefficient (Wildman–Crippen LogP) is 1.55. The average molecular weight is 371 g/mol. The standard InChI is InChI=1S/C17H17N5O3S/c1-25-14-3-2-4-15(11-14)26(23,24)21-9-10-22-16(12-21)19-20-17(22)13-5-7-18-8-6-13/h2-8,11H,9-10,12H2,1H3. The molecule has 0 bridgehead atoms. The number of nitrogens with zero attached hydrogens (tertiary/aromatic N) is 5. The fourth-order valence-corrected chi connectivity index (χ4v) is 4.39. The van der Waals surface area contributed by atoms with Crippen molar-refractivity contribution in [2.24, 2.45) is 0 Å². The van der Waals surface area contributed by atoms with E-state index in [2.05, 4.69) is 15.2 Å². The number of benzene rings is 1. The highest BCUT2D eigenvalue weighted by Gasteiger charge is 2.31. The minimum absolute atomic E-state index is 0.178. The maximum Gasteiger partial charge on any atom is 0.243 e. The van der Waals surface area contributed by atoms with Gasteiger partial charge in [-0.05, 0) is 24.3 Å². The Kier molecular flexibility index (Phi) is 4.17. The summed E-state index contributed by atoms with van der Waals surface area (Å²) in [7, 11) is -2.12. The van der Waals surface area contributed by atoms with Gasteiger partial charge in [0.1, 0.15) is 11.6 Å². The maximum absolute atomic E-state index is 12.9. The van der Waals surface area contributed by atoms with Crippen LogP contribution in [0.1, 0.15) is 5.82 Å². The number of pyridine rings is 1. The van der Waals surface area contributed by atoms with E-state index in [1.165, 1.54) is 17.5 Å². The molecule has 3 heterocycles. The number of hydrogen-bond acceptors (Lipinski definition) is 6. The predicted molar refractivity (Wildman–Crippen MR) is 93.8 cm³/mol. The Balaban J connectivity index is 1.64. The SMILES string of the molecule is COc1cccc(S(=O)(=O)N2CCn3c(nnc3-c3ccncc3)C2)c1. The molecular weight excluding hydrogens is 354 g/mol. The van der Waals surface area contributed by atoms with E-state index in [-0.39, 0.29) is 11.4 Å². The van der Waals surface area contributed by atoms with Crippen molar-refractivity contribution in [1.82, 2.24) is 24.1 Å². The van der Waals surface area contributed by atoms with Crippen LogP contribution < -0.4 is 4.74 Å². The molecule has 0 radical (unpaired) electrons. The Labute approximate surface area is 151 Å². The third-order valence-electron chi connectivity index (χ3n) is 4.34. The van der Waals surface area contributed by atoms with Gasteiger partial charge in [-0.1, -0.05) is 6.07 Å². The summed E-state index contributed by atoms with van der Waals surface area (Å²) >= 11 is 0. The van der Waals surface area contributed by atoms with E-state index in [0.717, 1.165) is 11.4 Å². The number of sulfonamides is 1. The zero-order valence-electron chi connectivity index (χ0n) is 14.1. The lowest BCUT2D eigenvalue weighted by molar-refractivity contribution is 0.336. The molecule has 2 aromatic heterocycles. The Morgan fingerprint density at radius 2 is 1.88 bits per heavy atom. The van der Waals surface area contributed by atoms with Crippen LogP contribution in [0.15, 0.2) is 53.7 Å². The smallest absolute Gasteiger partial charge is 0.243 e. The zero-order chi connectivity index (χ0) is 18.1. The summed E-state index contributed by atoms with van der Waals surface area (Å²) in [6.45, 7) is 1.02. The first-order valence-electron chi connectivity index (χ1n) is 8.06. The Hall–Kier alpha value is -2.78. The van der Waals surface area contributed by atoms with Crippen LogP contribution in [0.2, 0.25) is 0 Å². The summed E-state index contributed by atoms with van der Waals surface area (Å²) in [5, 5.41) is 8.41. The lowest BCUT2D eigenvalue weighted by Gasteiger charge is -2.27. The van der Waals surface area contributed by atoms with Crippen molar-refractivity contribution < 1.29 is 13.2 Å². The molecule has 134 valence electrons. The van der Waals surface area contributed by atoms with E-state index >= 15 is 0 Å². The van der Waals surface area contributed by atoms with Crippen molar-refractivity contribution in [3.05, 3.63) is 54.6 Å². The minimum Gasteiger partial charge on any atom is -0.497 e. The van der Waals surface area contributed by atoms with E-state index in [1.807, 2.05) is 16.7 Å². The molecule has 0 atom stereocenters. The van der Waals surface area contributed by atoms with Gasteiger partial charge in [-0.2, -0.15) is 4.31 Å². The second-order valence-electron chi connectivity index (χ2n) is 5.84. The summed E-state index contributed by atoms with van der Waals surface area (Å²) in [6, 6.07) is 10.2. The van der Waals surface area contributed by atoms with Crippen molar-refractivity contribution in [2.75, 3.05) is 13.7 Å². The lowest BCUT2D eigenvalue weighted by atomic mass is 10.2. The number of ether oxygens (including phenoxy) is 1. The second kappa shape index (κ2) is 6.50. The molecule has 1 aromatic carbocycles. The van der Waals surface area contributed by atoms with Gasteiger partial charge in [-0.25, -0.2) is 8.42 Å². The van der Waals surface area contributed by atoms with Crippen LogP contribution in [0.3, 0.4) is 0 Å². The second-order valence-corrected chi connectivity index (χ2v) is 7.78. The molecule has 0 amide bonds. The Bertz CT molecular complexity index is 1030. The van der Waals surface area contributed by atoms with Crippen LogP contribution in [0.4, 0.5) is 0 Å². The van der Waals surface area contributed by atoms with Crippen molar-refractivity contribution >= 4 is 10.0 Å². The fourth-order valence-electron chi connectivity index (χ4n) is 2.97. The number of hydrogen-bond donors (Lipinski definition) is 0. The van der Waals surface area contributed by atoms with E-state index in [4.69, 9.17) is 4.74 Å². The van der Waals surface area contributed by atoms with Gasteiger partial charge in [-0.15, -0.1) is 10.2 Å². The molecule has 0 N–H and O–H groups in total. The first-order chi connectivity index (χ1) is 12.6. The summed E-state index contributed by atoms with van der Waals surface area (Å²) in [5.74, 6) is 1.85. The molecule has 1 aliphatic heterocycles. The molecule has 4 rings (SSSR count). The van der Waals surface area contributed by atoms with Crippen LogP contribution in [-0.2, 0) is 23.1 Å². The molecule has 0 fully saturated rings. The van der Waals surface area contributed by atoms with Gasteiger partial charge in [0, 0.05) is 37.1 Å². The first kappa shape index (κ1) is 16.7. The summed E-state index contributed by atoms with van der Waals surface area (Å²) < 4.78 is 34.4. The fraction of sp³-hybridized carbons (Fsp3) is 0.235. The Morgan fingerprint density at radius 1 is 1.08 bits per heavy atom. The van der Waals surface area contributed by atoms with Crippen LogP contribution in [-0.4, -0.2) is 46.1 Å². The summed E-state index contributed by atoms with van der Waals surface area (Å²) in [6.07, 6.45) is 3.39. The molecule has 26 heavy (non-hydrogen) atoms. The molecule has 0 spiro atoms. The minimum atomic E-state index is -3.63. The van der Waals surface area contributed by atoms with Crippen LogP contribution in [0, 0.1) is 0 Å². The third kappa shape index (κ3) is 2.85. The van der Waals surface area contributed by atoms with Gasteiger partial charge < -0.3 is 9.30 Å². The molecule has 0 aliphatic carbocycles. The molecule has 1 aliphatic rings. The molecule has 8 nitrogen and oxygen atoms in total. The molecule has 3 aromatic rings. The van der Waals surface area contributed by atoms with Gasteiger partial charge in [-0.3, -0.25) is 4.98 Å². The normalized spacial score (nSPS) is 14.8. The van der Waals surface area contributed by atoms with Gasteiger partial charge >= 0.3 is 0 Å². The topological polar surface area (TPSA) is 90.2 Å². The Morgan fingerprint density at radius 3 is 2.65 bits per heavy atom. The molecule has 0 unspecified atom stereocenters. The molecule has 0 saturated carbocycles. The molecule has 0 saturated heterocycles. The highest BCUT2D eigenvalue weighted by atomic mass is 32.2. The largest absolute Gasteiger partial charge is 0.497 e. The van der Waals surface area contributed by atoms with Crippen molar-refractivity contribution in [3.8, 4) is 17.1 Å². The van der Waals surface area contributed by atoms with Gasteiger partial charge in [0.25, 0.3) is 0 Å². The maximum atomic E-state index is 12.9. The van der Waals surface area contributed by atoms with Crippen molar-refractivity contribution in [1.29, 1.82) is 0 Å². The average Bonchev–Trinajstić information content (AvgIpc) is 3.12. The van der Waals surface area contributed by atoms with Crippen molar-refractivity contribution in [2.45, 2.75) is 18.0 Å². The number of aromatic nitrogens is 4. The van der Waals surface area contributed by atoms with E-state index in [0.29, 0.717) is 24.7 Å². The van der Waals surface area contributed by atoms with Crippen molar-refractivity contribution in [3.63, 3.8) is 0 Å². The highest BCUT2D eigenvalue weighted by Crippen LogP contribution is 2.26. The number of fused-ring (bicyclic) bond motifs is 1.